The molecule has 1 heterocycles. The van der Waals surface area contributed by atoms with E-state index in [0.29, 0.717) is 17.8 Å². The maximum atomic E-state index is 13.4. The maximum Gasteiger partial charge on any atom is 0.355 e. The molecule has 0 N–H and O–H groups in total. The van der Waals surface area contributed by atoms with Crippen LogP contribution in [0.5, 0.6) is 5.75 Å². The molecule has 0 aliphatic carbocycles. The number of hydrogen-bond acceptors (Lipinski definition) is 4. The van der Waals surface area contributed by atoms with Crippen LogP contribution in [0, 0.1) is 0 Å². The molecule has 0 aliphatic heterocycles. The molecule has 3 aromatic carbocycles. The van der Waals surface area contributed by atoms with E-state index in [9.17, 15) is 9.59 Å². The molecule has 35 heavy (non-hydrogen) atoms. The molecule has 0 aliphatic rings. The summed E-state index contributed by atoms with van der Waals surface area (Å²) in [6.07, 6.45) is 0.829. The van der Waals surface area contributed by atoms with Crippen LogP contribution >= 0.6 is 0 Å². The smallest absolute Gasteiger partial charge is 0.355 e. The van der Waals surface area contributed by atoms with Crippen LogP contribution in [0.15, 0.2) is 66.7 Å². The van der Waals surface area contributed by atoms with Crippen LogP contribution in [0.2, 0.25) is 0 Å². The Balaban J connectivity index is 2.00. The lowest BCUT2D eigenvalue weighted by Crippen LogP contribution is -2.14. The van der Waals surface area contributed by atoms with E-state index >= 15 is 0 Å². The van der Waals surface area contributed by atoms with Crippen molar-refractivity contribution in [2.45, 2.75) is 39.7 Å². The normalized spacial score (nSPS) is 11.5. The predicted molar refractivity (Wildman–Crippen MR) is 140 cm³/mol. The lowest BCUT2D eigenvalue weighted by Gasteiger charge is -2.19. The summed E-state index contributed by atoms with van der Waals surface area (Å²) in [5.41, 5.74) is 5.75. The first kappa shape index (κ1) is 24.3. The van der Waals surface area contributed by atoms with Gasteiger partial charge in [-0.25, -0.2) is 4.79 Å². The molecular formula is C30H31NO4. The molecule has 0 bridgehead atoms. The van der Waals surface area contributed by atoms with Crippen molar-refractivity contribution in [1.82, 2.24) is 4.57 Å². The Kier molecular flexibility index (Phi) is 6.79. The topological polar surface area (TPSA) is 57.5 Å². The largest absolute Gasteiger partial charge is 0.497 e. The number of methoxy groups -OCH3 is 1. The molecule has 180 valence electrons. The zero-order valence-corrected chi connectivity index (χ0v) is 20.9. The quantitative estimate of drug-likeness (QED) is 0.225. The second-order valence-electron chi connectivity index (χ2n) is 9.60. The van der Waals surface area contributed by atoms with Crippen LogP contribution in [-0.2, 0) is 16.7 Å². The molecule has 5 nitrogen and oxygen atoms in total. The second kappa shape index (κ2) is 9.79. The zero-order valence-electron chi connectivity index (χ0n) is 20.9. The van der Waals surface area contributed by atoms with Crippen molar-refractivity contribution < 1.29 is 19.1 Å². The van der Waals surface area contributed by atoms with Crippen LogP contribution < -0.4 is 4.74 Å². The van der Waals surface area contributed by atoms with Gasteiger partial charge in [0.15, 0.2) is 0 Å². The number of benzene rings is 3. The van der Waals surface area contributed by atoms with Gasteiger partial charge >= 0.3 is 5.97 Å². The summed E-state index contributed by atoms with van der Waals surface area (Å²) >= 11 is 0. The van der Waals surface area contributed by atoms with Gasteiger partial charge in [0.1, 0.15) is 17.7 Å². The first-order chi connectivity index (χ1) is 16.8. The van der Waals surface area contributed by atoms with Crippen molar-refractivity contribution >= 4 is 23.2 Å². The molecule has 0 spiro atoms. The van der Waals surface area contributed by atoms with Crippen molar-refractivity contribution in [2.75, 3.05) is 13.7 Å². The highest BCUT2D eigenvalue weighted by Gasteiger charge is 2.26. The van der Waals surface area contributed by atoms with E-state index in [-0.39, 0.29) is 12.0 Å². The molecule has 0 fully saturated rings. The average molecular weight is 470 g/mol. The van der Waals surface area contributed by atoms with Gasteiger partial charge in [-0.1, -0.05) is 57.2 Å². The average Bonchev–Trinajstić information content (AvgIpc) is 3.17. The highest BCUT2D eigenvalue weighted by Crippen LogP contribution is 2.38. The molecule has 0 unspecified atom stereocenters. The number of aromatic nitrogens is 1. The van der Waals surface area contributed by atoms with Crippen molar-refractivity contribution in [3.8, 4) is 16.9 Å². The molecule has 5 heteroatoms. The van der Waals surface area contributed by atoms with Crippen molar-refractivity contribution in [1.29, 1.82) is 0 Å². The Bertz CT molecular complexity index is 1370. The minimum Gasteiger partial charge on any atom is -0.497 e. The van der Waals surface area contributed by atoms with Crippen LogP contribution in [0.4, 0.5) is 0 Å². The molecular weight excluding hydrogens is 438 g/mol. The van der Waals surface area contributed by atoms with Crippen LogP contribution in [0.1, 0.15) is 59.7 Å². The third-order valence-corrected chi connectivity index (χ3v) is 6.21. The third-order valence-electron chi connectivity index (χ3n) is 6.21. The Hall–Kier alpha value is -3.86. The van der Waals surface area contributed by atoms with Gasteiger partial charge in [0.05, 0.1) is 13.7 Å². The van der Waals surface area contributed by atoms with E-state index in [1.807, 2.05) is 53.1 Å². The number of carbonyl (C=O) groups excluding carboxylic acids is 2. The monoisotopic (exact) mass is 469 g/mol. The Labute approximate surface area is 206 Å². The number of carbonyl (C=O) groups is 2. The SMILES string of the molecule is CCOC(=O)c1c(-c2ccc(C(C)(C)C)cc2)c2cc(C=O)ccc2n1Cc1cccc(OC)c1. The Morgan fingerprint density at radius 2 is 1.74 bits per heavy atom. The number of hydrogen-bond donors (Lipinski definition) is 0. The first-order valence-corrected chi connectivity index (χ1v) is 11.8. The molecule has 0 saturated carbocycles. The number of aldehydes is 1. The van der Waals surface area contributed by atoms with Crippen LogP contribution in [0.3, 0.4) is 0 Å². The summed E-state index contributed by atoms with van der Waals surface area (Å²) in [5.74, 6) is 0.354. The van der Waals surface area contributed by atoms with Gasteiger partial charge in [0, 0.05) is 28.6 Å². The molecule has 1 aromatic heterocycles. The Morgan fingerprint density at radius 3 is 2.37 bits per heavy atom. The van der Waals surface area contributed by atoms with Gasteiger partial charge in [-0.3, -0.25) is 4.79 Å². The molecule has 0 radical (unpaired) electrons. The van der Waals surface area contributed by atoms with Gasteiger partial charge in [-0.2, -0.15) is 0 Å². The molecule has 4 aromatic rings. The summed E-state index contributed by atoms with van der Waals surface area (Å²) in [5, 5.41) is 0.837. The van der Waals surface area contributed by atoms with E-state index in [1.54, 1.807) is 20.1 Å². The lowest BCUT2D eigenvalue weighted by molar-refractivity contribution is 0.0516. The lowest BCUT2D eigenvalue weighted by atomic mass is 9.86. The number of esters is 1. The van der Waals surface area contributed by atoms with E-state index in [2.05, 4.69) is 32.9 Å². The van der Waals surface area contributed by atoms with Gasteiger partial charge in [-0.15, -0.1) is 0 Å². The third kappa shape index (κ3) is 4.85. The summed E-state index contributed by atoms with van der Waals surface area (Å²) in [6, 6.07) is 21.6. The highest BCUT2D eigenvalue weighted by atomic mass is 16.5. The molecule has 0 amide bonds. The predicted octanol–water partition coefficient (Wildman–Crippen LogP) is 6.65. The van der Waals surface area contributed by atoms with E-state index < -0.39 is 5.97 Å². The first-order valence-electron chi connectivity index (χ1n) is 11.8. The van der Waals surface area contributed by atoms with Crippen molar-refractivity contribution in [3.63, 3.8) is 0 Å². The fourth-order valence-electron chi connectivity index (χ4n) is 4.40. The number of nitrogens with zero attached hydrogens (tertiary/aromatic N) is 1. The number of fused-ring (bicyclic) bond motifs is 1. The fraction of sp³-hybridized carbons (Fsp3) is 0.267. The van der Waals surface area contributed by atoms with Gasteiger partial charge < -0.3 is 14.0 Å². The Morgan fingerprint density at radius 1 is 1.00 bits per heavy atom. The fourth-order valence-corrected chi connectivity index (χ4v) is 4.40. The van der Waals surface area contributed by atoms with E-state index in [0.717, 1.165) is 39.6 Å². The minimum absolute atomic E-state index is 0.00749. The highest BCUT2D eigenvalue weighted by molar-refractivity contribution is 6.09. The summed E-state index contributed by atoms with van der Waals surface area (Å²) in [6.45, 7) is 9.02. The summed E-state index contributed by atoms with van der Waals surface area (Å²) in [4.78, 5) is 25.0. The minimum atomic E-state index is -0.394. The van der Waals surface area contributed by atoms with E-state index in [4.69, 9.17) is 9.47 Å². The summed E-state index contributed by atoms with van der Waals surface area (Å²) in [7, 11) is 1.63. The van der Waals surface area contributed by atoms with Crippen LogP contribution in [-0.4, -0.2) is 30.5 Å². The van der Waals surface area contributed by atoms with Crippen LogP contribution in [0.25, 0.3) is 22.0 Å². The van der Waals surface area contributed by atoms with Gasteiger partial charge in [-0.05, 0) is 59.4 Å². The van der Waals surface area contributed by atoms with Crippen molar-refractivity contribution in [2.24, 2.45) is 0 Å². The molecule has 0 saturated heterocycles. The second-order valence-corrected chi connectivity index (χ2v) is 9.60. The van der Waals surface area contributed by atoms with Gasteiger partial charge in [0.25, 0.3) is 0 Å². The maximum absolute atomic E-state index is 13.4. The number of rotatable bonds is 7. The van der Waals surface area contributed by atoms with Crippen molar-refractivity contribution in [3.05, 3.63) is 89.1 Å². The van der Waals surface area contributed by atoms with Gasteiger partial charge in [0.2, 0.25) is 0 Å². The molecule has 4 rings (SSSR count). The standard InChI is InChI=1S/C30H31NO4/c1-6-35-29(33)28-27(22-11-13-23(14-12-22)30(2,3)4)25-17-21(19-32)10-15-26(25)31(28)18-20-8-7-9-24(16-20)34-5/h7-17,19H,6,18H2,1-5H3. The number of ether oxygens (including phenoxy) is 2. The zero-order chi connectivity index (χ0) is 25.2. The summed E-state index contributed by atoms with van der Waals surface area (Å²) < 4.78 is 12.9. The molecule has 0 atom stereocenters. The van der Waals surface area contributed by atoms with E-state index in [1.165, 1.54) is 5.56 Å².